The second-order valence-electron chi connectivity index (χ2n) is 5.46. The number of rotatable bonds is 5. The Morgan fingerprint density at radius 3 is 2.58 bits per heavy atom. The first-order valence-electron chi connectivity index (χ1n) is 7.56. The van der Waals surface area contributed by atoms with Gasteiger partial charge in [0.1, 0.15) is 5.82 Å². The molecule has 0 unspecified atom stereocenters. The monoisotopic (exact) mass is 324 g/mol. The van der Waals surface area contributed by atoms with Crippen LogP contribution in [0.15, 0.2) is 54.9 Å². The van der Waals surface area contributed by atoms with Gasteiger partial charge in [-0.2, -0.15) is 5.10 Å². The van der Waals surface area contributed by atoms with Crippen LogP contribution in [0.5, 0.6) is 0 Å². The average Bonchev–Trinajstić information content (AvgIpc) is 2.97. The van der Waals surface area contributed by atoms with E-state index < -0.39 is 0 Å². The number of nitrogens with zero attached hydrogens (tertiary/aromatic N) is 3. The van der Waals surface area contributed by atoms with Crippen molar-refractivity contribution < 1.29 is 9.18 Å². The highest BCUT2D eigenvalue weighted by atomic mass is 19.1. The van der Waals surface area contributed by atoms with Crippen LogP contribution in [0.25, 0.3) is 11.3 Å². The maximum Gasteiger partial charge on any atom is 0.224 e. The Balaban J connectivity index is 1.61. The number of amides is 1. The number of benzene rings is 1. The van der Waals surface area contributed by atoms with Crippen LogP contribution in [0.3, 0.4) is 0 Å². The number of carbonyl (C=O) groups excluding carboxylic acids is 1. The van der Waals surface area contributed by atoms with E-state index in [4.69, 9.17) is 0 Å². The summed E-state index contributed by atoms with van der Waals surface area (Å²) in [6.07, 6.45) is 3.65. The third-order valence-corrected chi connectivity index (χ3v) is 3.70. The van der Waals surface area contributed by atoms with Gasteiger partial charge in [-0.15, -0.1) is 0 Å². The van der Waals surface area contributed by atoms with Gasteiger partial charge in [-0.25, -0.2) is 4.39 Å². The van der Waals surface area contributed by atoms with Gasteiger partial charge in [0.2, 0.25) is 5.91 Å². The second kappa shape index (κ2) is 7.04. The standard InChI is InChI=1S/C18H17FN4O/c1-23-16(11-17(22-23)14-6-8-20-9-7-14)12-21-18(24)10-13-2-4-15(19)5-3-13/h2-9,11H,10,12H2,1H3,(H,21,24). The van der Waals surface area contributed by atoms with Gasteiger partial charge < -0.3 is 5.32 Å². The molecule has 0 aliphatic heterocycles. The zero-order valence-corrected chi connectivity index (χ0v) is 13.2. The Labute approximate surface area is 139 Å². The Kier molecular flexibility index (Phi) is 4.65. The molecule has 3 aromatic rings. The van der Waals surface area contributed by atoms with Crippen molar-refractivity contribution in [2.45, 2.75) is 13.0 Å². The summed E-state index contributed by atoms with van der Waals surface area (Å²) in [6.45, 7) is 0.384. The molecule has 1 amide bonds. The highest BCUT2D eigenvalue weighted by Gasteiger charge is 2.09. The van der Waals surface area contributed by atoms with E-state index in [1.54, 1.807) is 29.2 Å². The zero-order valence-electron chi connectivity index (χ0n) is 13.2. The molecule has 6 heteroatoms. The number of halogens is 1. The Bertz CT molecular complexity index is 828. The fourth-order valence-electron chi connectivity index (χ4n) is 2.37. The second-order valence-corrected chi connectivity index (χ2v) is 5.46. The molecular weight excluding hydrogens is 307 g/mol. The first kappa shape index (κ1) is 15.9. The van der Waals surface area contributed by atoms with Gasteiger partial charge in [0.15, 0.2) is 0 Å². The van der Waals surface area contributed by atoms with Gasteiger partial charge in [-0.1, -0.05) is 12.1 Å². The summed E-state index contributed by atoms with van der Waals surface area (Å²) in [4.78, 5) is 16.0. The van der Waals surface area contributed by atoms with E-state index in [1.165, 1.54) is 12.1 Å². The average molecular weight is 324 g/mol. The van der Waals surface area contributed by atoms with Crippen LogP contribution in [-0.4, -0.2) is 20.7 Å². The van der Waals surface area contributed by atoms with Crippen LogP contribution in [0.1, 0.15) is 11.3 Å². The first-order chi connectivity index (χ1) is 11.6. The predicted octanol–water partition coefficient (Wildman–Crippen LogP) is 2.48. The normalized spacial score (nSPS) is 10.6. The lowest BCUT2D eigenvalue weighted by Crippen LogP contribution is -2.25. The van der Waals surface area contributed by atoms with E-state index in [0.717, 1.165) is 22.5 Å². The molecule has 2 aromatic heterocycles. The number of aryl methyl sites for hydroxylation is 1. The van der Waals surface area contributed by atoms with Gasteiger partial charge in [0, 0.05) is 25.0 Å². The van der Waals surface area contributed by atoms with Crippen LogP contribution in [0, 0.1) is 5.82 Å². The maximum atomic E-state index is 12.9. The van der Waals surface area contributed by atoms with Crippen molar-refractivity contribution in [1.29, 1.82) is 0 Å². The molecule has 0 radical (unpaired) electrons. The maximum absolute atomic E-state index is 12.9. The van der Waals surface area contributed by atoms with E-state index in [0.29, 0.717) is 6.54 Å². The summed E-state index contributed by atoms with van der Waals surface area (Å²) >= 11 is 0. The molecule has 0 aliphatic rings. The van der Waals surface area contributed by atoms with Gasteiger partial charge in [-0.3, -0.25) is 14.5 Å². The van der Waals surface area contributed by atoms with Crippen molar-refractivity contribution in [1.82, 2.24) is 20.1 Å². The first-order valence-corrected chi connectivity index (χ1v) is 7.56. The van der Waals surface area contributed by atoms with Gasteiger partial charge in [-0.05, 0) is 35.9 Å². The van der Waals surface area contributed by atoms with E-state index >= 15 is 0 Å². The Morgan fingerprint density at radius 2 is 1.88 bits per heavy atom. The summed E-state index contributed by atoms with van der Waals surface area (Å²) in [7, 11) is 1.84. The summed E-state index contributed by atoms with van der Waals surface area (Å²) in [5, 5.41) is 7.31. The van der Waals surface area contributed by atoms with Crippen LogP contribution in [0.4, 0.5) is 4.39 Å². The van der Waals surface area contributed by atoms with Crippen molar-refractivity contribution in [2.75, 3.05) is 0 Å². The minimum atomic E-state index is -0.308. The molecule has 0 saturated carbocycles. The third-order valence-electron chi connectivity index (χ3n) is 3.70. The number of hydrogen-bond donors (Lipinski definition) is 1. The van der Waals surface area contributed by atoms with Crippen LogP contribution >= 0.6 is 0 Å². The predicted molar refractivity (Wildman–Crippen MR) is 88.4 cm³/mol. The number of aromatic nitrogens is 3. The molecule has 3 rings (SSSR count). The van der Waals surface area contributed by atoms with Crippen molar-refractivity contribution in [3.05, 3.63) is 71.9 Å². The van der Waals surface area contributed by atoms with Gasteiger partial charge in [0.25, 0.3) is 0 Å². The molecule has 2 heterocycles. The minimum Gasteiger partial charge on any atom is -0.350 e. The van der Waals surface area contributed by atoms with Gasteiger partial charge >= 0.3 is 0 Å². The minimum absolute atomic E-state index is 0.117. The fraction of sp³-hybridized carbons (Fsp3) is 0.167. The van der Waals surface area contributed by atoms with Crippen molar-refractivity contribution in [3.8, 4) is 11.3 Å². The molecule has 24 heavy (non-hydrogen) atoms. The quantitative estimate of drug-likeness (QED) is 0.784. The molecule has 0 fully saturated rings. The molecule has 0 bridgehead atoms. The SMILES string of the molecule is Cn1nc(-c2ccncc2)cc1CNC(=O)Cc1ccc(F)cc1. The van der Waals surface area contributed by atoms with Crippen LogP contribution < -0.4 is 5.32 Å². The Morgan fingerprint density at radius 1 is 1.17 bits per heavy atom. The van der Waals surface area contributed by atoms with Gasteiger partial charge in [0.05, 0.1) is 24.4 Å². The summed E-state index contributed by atoms with van der Waals surface area (Å²) in [5.74, 6) is -0.425. The van der Waals surface area contributed by atoms with Crippen molar-refractivity contribution in [3.63, 3.8) is 0 Å². The molecule has 0 atom stereocenters. The molecule has 5 nitrogen and oxygen atoms in total. The van der Waals surface area contributed by atoms with Crippen molar-refractivity contribution >= 4 is 5.91 Å². The van der Waals surface area contributed by atoms with Crippen molar-refractivity contribution in [2.24, 2.45) is 7.05 Å². The molecule has 0 saturated heterocycles. The van der Waals surface area contributed by atoms with Crippen LogP contribution in [0.2, 0.25) is 0 Å². The molecule has 1 N–H and O–H groups in total. The molecule has 0 aliphatic carbocycles. The number of carbonyl (C=O) groups is 1. The number of hydrogen-bond acceptors (Lipinski definition) is 3. The molecule has 122 valence electrons. The summed E-state index contributed by atoms with van der Waals surface area (Å²) < 4.78 is 14.6. The lowest BCUT2D eigenvalue weighted by atomic mass is 10.1. The highest BCUT2D eigenvalue weighted by Crippen LogP contribution is 2.17. The Hall–Kier alpha value is -3.02. The van der Waals surface area contributed by atoms with E-state index in [2.05, 4.69) is 15.4 Å². The zero-order chi connectivity index (χ0) is 16.9. The van der Waals surface area contributed by atoms with E-state index in [9.17, 15) is 9.18 Å². The molecule has 1 aromatic carbocycles. The molecule has 0 spiro atoms. The smallest absolute Gasteiger partial charge is 0.224 e. The van der Waals surface area contributed by atoms with E-state index in [1.807, 2.05) is 25.2 Å². The fourth-order valence-corrected chi connectivity index (χ4v) is 2.37. The topological polar surface area (TPSA) is 59.8 Å². The number of pyridine rings is 1. The number of nitrogens with one attached hydrogen (secondary N) is 1. The lowest BCUT2D eigenvalue weighted by Gasteiger charge is -2.05. The largest absolute Gasteiger partial charge is 0.350 e. The highest BCUT2D eigenvalue weighted by molar-refractivity contribution is 5.78. The molecular formula is C18H17FN4O. The summed E-state index contributed by atoms with van der Waals surface area (Å²) in [5.41, 5.74) is 3.48. The lowest BCUT2D eigenvalue weighted by molar-refractivity contribution is -0.120. The van der Waals surface area contributed by atoms with E-state index in [-0.39, 0.29) is 18.1 Å². The van der Waals surface area contributed by atoms with Crippen LogP contribution in [-0.2, 0) is 24.8 Å². The summed E-state index contributed by atoms with van der Waals surface area (Å²) in [6, 6.07) is 11.6. The third kappa shape index (κ3) is 3.84.